The predicted molar refractivity (Wildman–Crippen MR) is 405 cm³/mol. The van der Waals surface area contributed by atoms with E-state index in [1.807, 2.05) is 0 Å². The average molecular weight is 1450 g/mol. The minimum Gasteiger partial charge on any atom is -0.462 e. The molecule has 0 aliphatic rings. The topological polar surface area (TPSA) is 237 Å². The predicted octanol–water partition coefficient (Wildman–Crippen LogP) is 23.9. The highest BCUT2D eigenvalue weighted by atomic mass is 31.2. The fourth-order valence-electron chi connectivity index (χ4n) is 12.3. The zero-order valence-corrected chi connectivity index (χ0v) is 66.6. The maximum Gasteiger partial charge on any atom is 0.472 e. The molecule has 3 N–H and O–H groups in total. The van der Waals surface area contributed by atoms with E-state index < -0.39 is 97.5 Å². The Morgan fingerprint density at radius 1 is 0.293 bits per heavy atom. The molecule has 0 aromatic rings. The van der Waals surface area contributed by atoms with Crippen molar-refractivity contribution in [2.24, 2.45) is 11.8 Å². The number of aliphatic hydroxyl groups is 1. The Morgan fingerprint density at radius 2 is 0.515 bits per heavy atom. The molecule has 0 radical (unpaired) electrons. The number of rotatable bonds is 79. The monoisotopic (exact) mass is 1450 g/mol. The lowest BCUT2D eigenvalue weighted by atomic mass is 9.99. The number of unbranched alkanes of at least 4 members (excludes halogenated alkanes) is 48. The summed E-state index contributed by atoms with van der Waals surface area (Å²) in [5.74, 6) is -0.617. The Morgan fingerprint density at radius 3 is 0.768 bits per heavy atom. The van der Waals surface area contributed by atoms with Crippen molar-refractivity contribution in [3.8, 4) is 0 Å². The third-order valence-electron chi connectivity index (χ3n) is 19.1. The van der Waals surface area contributed by atoms with Crippen molar-refractivity contribution < 1.29 is 80.2 Å². The first-order valence-electron chi connectivity index (χ1n) is 41.5. The first-order valence-corrected chi connectivity index (χ1v) is 44.5. The number of carbonyl (C=O) groups excluding carboxylic acids is 4. The number of phosphoric ester groups is 2. The Hall–Kier alpha value is -1.94. The molecule has 0 heterocycles. The van der Waals surface area contributed by atoms with E-state index in [1.54, 1.807) is 0 Å². The molecule has 0 aromatic carbocycles. The van der Waals surface area contributed by atoms with Crippen LogP contribution in [0.15, 0.2) is 0 Å². The van der Waals surface area contributed by atoms with Gasteiger partial charge < -0.3 is 33.8 Å². The van der Waals surface area contributed by atoms with Crippen molar-refractivity contribution in [1.82, 2.24) is 0 Å². The summed E-state index contributed by atoms with van der Waals surface area (Å²) in [4.78, 5) is 73.0. The summed E-state index contributed by atoms with van der Waals surface area (Å²) >= 11 is 0. The average Bonchev–Trinajstić information content (AvgIpc) is 0.952. The number of phosphoric acid groups is 2. The van der Waals surface area contributed by atoms with Gasteiger partial charge >= 0.3 is 39.5 Å². The number of ether oxygens (including phenoxy) is 4. The first-order chi connectivity index (χ1) is 47.9. The van der Waals surface area contributed by atoms with Crippen molar-refractivity contribution in [1.29, 1.82) is 0 Å². The number of hydrogen-bond acceptors (Lipinski definition) is 15. The van der Waals surface area contributed by atoms with Gasteiger partial charge in [0.05, 0.1) is 26.4 Å². The van der Waals surface area contributed by atoms with Gasteiger partial charge in [-0.2, -0.15) is 0 Å². The van der Waals surface area contributed by atoms with Gasteiger partial charge in [0.2, 0.25) is 0 Å². The van der Waals surface area contributed by atoms with Gasteiger partial charge in [-0.25, -0.2) is 9.13 Å². The third kappa shape index (κ3) is 72.8. The van der Waals surface area contributed by atoms with Crippen molar-refractivity contribution in [3.63, 3.8) is 0 Å². The summed E-state index contributed by atoms with van der Waals surface area (Å²) < 4.78 is 68.7. The molecule has 0 aromatic heterocycles. The molecule has 17 nitrogen and oxygen atoms in total. The van der Waals surface area contributed by atoms with Gasteiger partial charge in [0.15, 0.2) is 12.2 Å². The van der Waals surface area contributed by atoms with Crippen molar-refractivity contribution >= 4 is 39.5 Å². The van der Waals surface area contributed by atoms with Crippen molar-refractivity contribution in [2.45, 2.75) is 439 Å². The molecular formula is C80H156O17P2. The lowest BCUT2D eigenvalue weighted by Crippen LogP contribution is -2.30. The van der Waals surface area contributed by atoms with Crippen LogP contribution in [0, 0.1) is 11.8 Å². The normalized spacial score (nSPS) is 14.2. The number of aliphatic hydroxyl groups excluding tert-OH is 1. The van der Waals surface area contributed by atoms with Gasteiger partial charge in [0, 0.05) is 25.7 Å². The quantitative estimate of drug-likeness (QED) is 0.0222. The van der Waals surface area contributed by atoms with E-state index in [-0.39, 0.29) is 25.7 Å². The standard InChI is InChI=1S/C80H156O17P2/c1-7-10-12-14-16-18-20-22-24-25-26-27-28-29-31-33-35-37-46-52-58-64-79(84)96-75(68-90-77(82)62-56-50-44-36-34-32-30-23-21-19-17-15-13-11-8-2)70-94-98(86,87)92-66-74(81)67-93-99(88,89)95-71-76(69-91-78(83)63-57-51-45-40-38-42-48-54-60-72(4)5)97-80(85)65-59-53-47-41-39-43-49-55-61-73(6)9-3/h72-76,81H,7-71H2,1-6H3,(H,86,87)(H,88,89)/t73?,74-,75-,76-/m1/s1. The summed E-state index contributed by atoms with van der Waals surface area (Å²) in [5, 5.41) is 10.6. The smallest absolute Gasteiger partial charge is 0.462 e. The van der Waals surface area contributed by atoms with Crippen LogP contribution in [0.3, 0.4) is 0 Å². The number of carbonyl (C=O) groups is 4. The van der Waals surface area contributed by atoms with Crippen LogP contribution in [0.4, 0.5) is 0 Å². The Balaban J connectivity index is 5.22. The lowest BCUT2D eigenvalue weighted by Gasteiger charge is -2.21. The van der Waals surface area contributed by atoms with E-state index >= 15 is 0 Å². The largest absolute Gasteiger partial charge is 0.472 e. The van der Waals surface area contributed by atoms with Crippen LogP contribution >= 0.6 is 15.6 Å². The Kier molecular flexibility index (Phi) is 70.3. The Labute approximate surface area is 607 Å². The van der Waals surface area contributed by atoms with E-state index in [9.17, 15) is 43.2 Å². The second-order valence-electron chi connectivity index (χ2n) is 29.5. The van der Waals surface area contributed by atoms with E-state index in [1.165, 1.54) is 238 Å². The molecular weight excluding hydrogens is 1290 g/mol. The van der Waals surface area contributed by atoms with E-state index in [2.05, 4.69) is 41.5 Å². The number of hydrogen-bond donors (Lipinski definition) is 3. The molecule has 0 saturated carbocycles. The maximum atomic E-state index is 13.1. The molecule has 6 atom stereocenters. The Bertz CT molecular complexity index is 1910. The summed E-state index contributed by atoms with van der Waals surface area (Å²) in [6, 6.07) is 0. The van der Waals surface area contributed by atoms with Crippen molar-refractivity contribution in [3.05, 3.63) is 0 Å². The van der Waals surface area contributed by atoms with E-state index in [0.29, 0.717) is 25.7 Å². The van der Waals surface area contributed by atoms with Gasteiger partial charge in [-0.15, -0.1) is 0 Å². The molecule has 0 amide bonds. The van der Waals surface area contributed by atoms with Gasteiger partial charge in [-0.3, -0.25) is 37.3 Å². The van der Waals surface area contributed by atoms with Crippen LogP contribution in [0.2, 0.25) is 0 Å². The molecule has 0 saturated heterocycles. The zero-order valence-electron chi connectivity index (χ0n) is 64.8. The minimum absolute atomic E-state index is 0.105. The molecule has 0 spiro atoms. The van der Waals surface area contributed by atoms with Gasteiger partial charge in [-0.1, -0.05) is 369 Å². The minimum atomic E-state index is -4.96. The van der Waals surface area contributed by atoms with Gasteiger partial charge in [-0.05, 0) is 37.5 Å². The SMILES string of the molecule is CCCCCCCCCCCCCCCCCCCCCCCC(=O)O[C@H](COC(=O)CCCCCCCCCCCCCCCCC)COP(=O)(O)OC[C@@H](O)COP(=O)(O)OC[C@@H](COC(=O)CCCCCCCCCCC(C)C)OC(=O)CCCCCCCCCCC(C)CC. The highest BCUT2D eigenvalue weighted by Gasteiger charge is 2.30. The van der Waals surface area contributed by atoms with Crippen LogP contribution in [-0.2, 0) is 65.4 Å². The fraction of sp³-hybridized carbons (Fsp3) is 0.950. The van der Waals surface area contributed by atoms with Crippen LogP contribution in [0.5, 0.6) is 0 Å². The highest BCUT2D eigenvalue weighted by molar-refractivity contribution is 7.47. The van der Waals surface area contributed by atoms with Crippen LogP contribution in [0.25, 0.3) is 0 Å². The van der Waals surface area contributed by atoms with Crippen LogP contribution in [-0.4, -0.2) is 96.7 Å². The highest BCUT2D eigenvalue weighted by Crippen LogP contribution is 2.45. The molecule has 19 heteroatoms. The van der Waals surface area contributed by atoms with E-state index in [4.69, 9.17) is 37.0 Å². The second kappa shape index (κ2) is 71.7. The molecule has 99 heavy (non-hydrogen) atoms. The maximum absolute atomic E-state index is 13.1. The van der Waals surface area contributed by atoms with Gasteiger partial charge in [0.1, 0.15) is 19.3 Å². The molecule has 0 fully saturated rings. The summed E-state index contributed by atoms with van der Waals surface area (Å²) in [6.07, 6.45) is 61.1. The fourth-order valence-corrected chi connectivity index (χ4v) is 13.9. The molecule has 588 valence electrons. The summed E-state index contributed by atoms with van der Waals surface area (Å²) in [6.45, 7) is 9.58. The number of esters is 4. The third-order valence-corrected chi connectivity index (χ3v) is 21.0. The van der Waals surface area contributed by atoms with Crippen LogP contribution in [0.1, 0.15) is 420 Å². The molecule has 0 bridgehead atoms. The molecule has 0 aliphatic carbocycles. The van der Waals surface area contributed by atoms with Gasteiger partial charge in [0.25, 0.3) is 0 Å². The van der Waals surface area contributed by atoms with Crippen LogP contribution < -0.4 is 0 Å². The molecule has 0 rings (SSSR count). The van der Waals surface area contributed by atoms with E-state index in [0.717, 1.165) is 102 Å². The summed E-state index contributed by atoms with van der Waals surface area (Å²) in [5.41, 5.74) is 0. The second-order valence-corrected chi connectivity index (χ2v) is 32.4. The molecule has 0 aliphatic heterocycles. The first kappa shape index (κ1) is 97.1. The molecule has 3 unspecified atom stereocenters. The summed E-state index contributed by atoms with van der Waals surface area (Å²) in [7, 11) is -9.92. The lowest BCUT2D eigenvalue weighted by molar-refractivity contribution is -0.161. The van der Waals surface area contributed by atoms with Crippen molar-refractivity contribution in [2.75, 3.05) is 39.6 Å². The zero-order chi connectivity index (χ0) is 72.8.